The lowest BCUT2D eigenvalue weighted by Crippen LogP contribution is -2.40. The molecule has 23 heavy (non-hydrogen) atoms. The van der Waals surface area contributed by atoms with E-state index in [9.17, 15) is 9.90 Å². The quantitative estimate of drug-likeness (QED) is 0.914. The van der Waals surface area contributed by atoms with E-state index >= 15 is 0 Å². The van der Waals surface area contributed by atoms with Gasteiger partial charge in [-0.25, -0.2) is 0 Å². The van der Waals surface area contributed by atoms with Crippen LogP contribution in [0.5, 0.6) is 0 Å². The van der Waals surface area contributed by atoms with Crippen molar-refractivity contribution in [3.8, 4) is 0 Å². The van der Waals surface area contributed by atoms with Crippen LogP contribution in [-0.2, 0) is 11.2 Å². The number of benzene rings is 2. The minimum Gasteiger partial charge on any atom is -0.480 e. The van der Waals surface area contributed by atoms with Gasteiger partial charge >= 0.3 is 5.97 Å². The molecule has 120 valence electrons. The molecule has 0 radical (unpaired) electrons. The van der Waals surface area contributed by atoms with E-state index in [1.807, 2.05) is 36.4 Å². The second kappa shape index (κ2) is 7.42. The highest BCUT2D eigenvalue weighted by Crippen LogP contribution is 2.28. The normalized spacial score (nSPS) is 17.7. The van der Waals surface area contributed by atoms with Crippen LogP contribution in [0, 0.1) is 5.92 Å². The predicted molar refractivity (Wildman–Crippen MR) is 91.3 cm³/mol. The van der Waals surface area contributed by atoms with Crippen LogP contribution in [0.4, 0.5) is 0 Å². The second-order valence-corrected chi connectivity index (χ2v) is 6.32. The van der Waals surface area contributed by atoms with Gasteiger partial charge in [-0.05, 0) is 49.4 Å². The van der Waals surface area contributed by atoms with Gasteiger partial charge in [-0.15, -0.1) is 0 Å². The maximum Gasteiger partial charge on any atom is 0.325 e. The van der Waals surface area contributed by atoms with Gasteiger partial charge in [0.05, 0.1) is 0 Å². The fourth-order valence-electron chi connectivity index (χ4n) is 3.51. The number of carbonyl (C=O) groups is 1. The Morgan fingerprint density at radius 1 is 1.00 bits per heavy atom. The van der Waals surface area contributed by atoms with Crippen molar-refractivity contribution < 1.29 is 9.90 Å². The van der Waals surface area contributed by atoms with Gasteiger partial charge in [0.15, 0.2) is 0 Å². The summed E-state index contributed by atoms with van der Waals surface area (Å²) in [5, 5.41) is 9.64. The van der Waals surface area contributed by atoms with Crippen molar-refractivity contribution in [2.45, 2.75) is 25.3 Å². The lowest BCUT2D eigenvalue weighted by molar-refractivity contribution is -0.144. The van der Waals surface area contributed by atoms with Crippen molar-refractivity contribution in [3.05, 3.63) is 71.8 Å². The summed E-state index contributed by atoms with van der Waals surface area (Å²) in [6, 6.07) is 19.6. The van der Waals surface area contributed by atoms with E-state index < -0.39 is 12.0 Å². The summed E-state index contributed by atoms with van der Waals surface area (Å²) in [4.78, 5) is 13.8. The zero-order valence-electron chi connectivity index (χ0n) is 13.3. The number of likely N-dealkylation sites (tertiary alicyclic amines) is 1. The first-order valence-electron chi connectivity index (χ1n) is 8.30. The molecule has 0 aromatic heterocycles. The molecule has 1 atom stereocenters. The van der Waals surface area contributed by atoms with Crippen molar-refractivity contribution >= 4 is 5.97 Å². The molecular formula is C20H23NO2. The number of hydrogen-bond donors (Lipinski definition) is 1. The zero-order valence-corrected chi connectivity index (χ0v) is 13.3. The van der Waals surface area contributed by atoms with Crippen LogP contribution in [0.1, 0.15) is 30.0 Å². The van der Waals surface area contributed by atoms with E-state index in [4.69, 9.17) is 0 Å². The van der Waals surface area contributed by atoms with Crippen molar-refractivity contribution in [1.82, 2.24) is 4.90 Å². The van der Waals surface area contributed by atoms with Crippen LogP contribution < -0.4 is 0 Å². The van der Waals surface area contributed by atoms with Gasteiger partial charge in [0.25, 0.3) is 0 Å². The van der Waals surface area contributed by atoms with Crippen LogP contribution in [0.15, 0.2) is 60.7 Å². The van der Waals surface area contributed by atoms with Gasteiger partial charge in [-0.1, -0.05) is 60.7 Å². The summed E-state index contributed by atoms with van der Waals surface area (Å²) in [5.41, 5.74) is 2.25. The number of piperidine rings is 1. The average Bonchev–Trinajstić information content (AvgIpc) is 2.58. The smallest absolute Gasteiger partial charge is 0.325 e. The Kier molecular flexibility index (Phi) is 5.09. The second-order valence-electron chi connectivity index (χ2n) is 6.32. The number of aliphatic carboxylic acids is 1. The third-order valence-electron chi connectivity index (χ3n) is 4.73. The molecule has 0 amide bonds. The molecule has 0 spiro atoms. The molecule has 0 aliphatic carbocycles. The minimum atomic E-state index is -0.752. The zero-order chi connectivity index (χ0) is 16.1. The van der Waals surface area contributed by atoms with Crippen LogP contribution in [-0.4, -0.2) is 29.1 Å². The molecule has 3 heteroatoms. The number of rotatable bonds is 5. The van der Waals surface area contributed by atoms with E-state index in [2.05, 4.69) is 29.2 Å². The molecule has 2 aromatic rings. The van der Waals surface area contributed by atoms with E-state index in [-0.39, 0.29) is 0 Å². The Balaban J connectivity index is 1.62. The van der Waals surface area contributed by atoms with Crippen LogP contribution in [0.25, 0.3) is 0 Å². The summed E-state index contributed by atoms with van der Waals surface area (Å²) in [6.07, 6.45) is 3.22. The van der Waals surface area contributed by atoms with E-state index in [1.54, 1.807) is 0 Å². The van der Waals surface area contributed by atoms with Crippen LogP contribution in [0.2, 0.25) is 0 Å². The van der Waals surface area contributed by atoms with Crippen molar-refractivity contribution in [3.63, 3.8) is 0 Å². The van der Waals surface area contributed by atoms with Gasteiger partial charge in [-0.3, -0.25) is 9.69 Å². The monoisotopic (exact) mass is 309 g/mol. The number of hydrogen-bond acceptors (Lipinski definition) is 2. The van der Waals surface area contributed by atoms with Crippen molar-refractivity contribution in [2.24, 2.45) is 5.92 Å². The first kappa shape index (κ1) is 15.8. The largest absolute Gasteiger partial charge is 0.480 e. The Bertz CT molecular complexity index is 619. The minimum absolute atomic E-state index is 0.520. The number of carboxylic acid groups (broad SMARTS) is 1. The molecule has 1 fully saturated rings. The molecule has 0 bridgehead atoms. The Morgan fingerprint density at radius 2 is 1.57 bits per heavy atom. The topological polar surface area (TPSA) is 40.5 Å². The molecule has 0 saturated carbocycles. The van der Waals surface area contributed by atoms with Crippen molar-refractivity contribution in [2.75, 3.05) is 13.1 Å². The van der Waals surface area contributed by atoms with Crippen LogP contribution in [0.3, 0.4) is 0 Å². The molecular weight excluding hydrogens is 286 g/mol. The SMILES string of the molecule is O=C(O)[C@H](c1ccccc1)N1CCC(Cc2ccccc2)CC1. The Morgan fingerprint density at radius 3 is 2.13 bits per heavy atom. The van der Waals surface area contributed by atoms with E-state index in [0.29, 0.717) is 5.92 Å². The molecule has 2 aromatic carbocycles. The highest BCUT2D eigenvalue weighted by molar-refractivity contribution is 5.75. The molecule has 1 aliphatic rings. The van der Waals surface area contributed by atoms with Crippen LogP contribution >= 0.6 is 0 Å². The molecule has 1 saturated heterocycles. The molecule has 1 N–H and O–H groups in total. The highest BCUT2D eigenvalue weighted by Gasteiger charge is 2.30. The fraction of sp³-hybridized carbons (Fsp3) is 0.350. The summed E-state index contributed by atoms with van der Waals surface area (Å²) >= 11 is 0. The van der Waals surface area contributed by atoms with Gasteiger partial charge in [0, 0.05) is 0 Å². The lowest BCUT2D eigenvalue weighted by atomic mass is 9.89. The molecule has 3 rings (SSSR count). The Hall–Kier alpha value is -2.13. The maximum absolute atomic E-state index is 11.7. The van der Waals surface area contributed by atoms with Gasteiger partial charge in [-0.2, -0.15) is 0 Å². The first-order chi connectivity index (χ1) is 11.2. The molecule has 1 aliphatic heterocycles. The Labute approximate surface area is 137 Å². The third kappa shape index (κ3) is 3.99. The first-order valence-corrected chi connectivity index (χ1v) is 8.30. The third-order valence-corrected chi connectivity index (χ3v) is 4.73. The lowest BCUT2D eigenvalue weighted by Gasteiger charge is -2.36. The van der Waals surface area contributed by atoms with E-state index in [1.165, 1.54) is 5.56 Å². The average molecular weight is 309 g/mol. The standard InChI is InChI=1S/C20H23NO2/c22-20(23)19(18-9-5-2-6-10-18)21-13-11-17(12-14-21)15-16-7-3-1-4-8-16/h1-10,17,19H,11-15H2,(H,22,23)/t19-/m0/s1. The molecule has 1 heterocycles. The maximum atomic E-state index is 11.7. The summed E-state index contributed by atoms with van der Waals surface area (Å²) < 4.78 is 0. The van der Waals surface area contributed by atoms with Gasteiger partial charge in [0.2, 0.25) is 0 Å². The summed E-state index contributed by atoms with van der Waals surface area (Å²) in [7, 11) is 0. The predicted octanol–water partition coefficient (Wildman–Crippen LogP) is 3.77. The fourth-order valence-corrected chi connectivity index (χ4v) is 3.51. The van der Waals surface area contributed by atoms with E-state index in [0.717, 1.165) is 37.9 Å². The summed E-state index contributed by atoms with van der Waals surface area (Å²) in [6.45, 7) is 1.70. The number of nitrogens with zero attached hydrogens (tertiary/aromatic N) is 1. The van der Waals surface area contributed by atoms with Gasteiger partial charge < -0.3 is 5.11 Å². The van der Waals surface area contributed by atoms with Crippen molar-refractivity contribution in [1.29, 1.82) is 0 Å². The molecule has 3 nitrogen and oxygen atoms in total. The van der Waals surface area contributed by atoms with Gasteiger partial charge in [0.1, 0.15) is 6.04 Å². The highest BCUT2D eigenvalue weighted by atomic mass is 16.4. The number of carboxylic acids is 1. The summed E-state index contributed by atoms with van der Waals surface area (Å²) in [5.74, 6) is -0.100. The molecule has 0 unspecified atom stereocenters.